The van der Waals surface area contributed by atoms with Crippen molar-refractivity contribution in [2.75, 3.05) is 4.43 Å². The largest absolute Gasteiger partial charge is 0.334 e. The minimum Gasteiger partial charge on any atom is -0.334 e. The molecule has 0 aromatic heterocycles. The molecule has 0 aliphatic heterocycles. The molecule has 0 aromatic rings. The van der Waals surface area contributed by atoms with Crippen LogP contribution in [-0.2, 0) is 0 Å². The fourth-order valence-electron chi connectivity index (χ4n) is 0. The summed E-state index contributed by atoms with van der Waals surface area (Å²) in [7, 11) is 0. The van der Waals surface area contributed by atoms with Crippen molar-refractivity contribution < 1.29 is 31.1 Å². The van der Waals surface area contributed by atoms with Crippen molar-refractivity contribution in [2.45, 2.75) is 0 Å². The van der Waals surface area contributed by atoms with E-state index in [9.17, 15) is 0 Å². The SMILES string of the molecule is [CH2-]CI.[U]. The summed E-state index contributed by atoms with van der Waals surface area (Å²) in [6.07, 6.45) is 0. The first-order valence-corrected chi connectivity index (χ1v) is 2.29. The molecule has 0 rings (SSSR count). The molecule has 0 aliphatic carbocycles. The molecule has 0 bridgehead atoms. The van der Waals surface area contributed by atoms with Crippen LogP contribution in [0.1, 0.15) is 0 Å². The molecule has 0 atom stereocenters. The van der Waals surface area contributed by atoms with E-state index in [1.165, 1.54) is 0 Å². The van der Waals surface area contributed by atoms with Crippen LogP contribution in [0.2, 0.25) is 0 Å². The third kappa shape index (κ3) is 9.22. The van der Waals surface area contributed by atoms with Gasteiger partial charge in [0.1, 0.15) is 0 Å². The molecule has 0 aliphatic rings. The summed E-state index contributed by atoms with van der Waals surface area (Å²) < 4.78 is 0.970. The molecule has 0 saturated carbocycles. The Bertz CT molecular complexity index is 6.00. The normalized spacial score (nSPS) is 4.50. The van der Waals surface area contributed by atoms with E-state index in [2.05, 4.69) is 29.5 Å². The second kappa shape index (κ2) is 8.84. The van der Waals surface area contributed by atoms with E-state index < -0.39 is 0 Å². The summed E-state index contributed by atoms with van der Waals surface area (Å²) in [5.41, 5.74) is 0. The number of hydrogen-bond donors (Lipinski definition) is 0. The molecular weight excluding hydrogens is 389 g/mol. The molecule has 2 heteroatoms. The van der Waals surface area contributed by atoms with Gasteiger partial charge < -0.3 is 6.92 Å². The van der Waals surface area contributed by atoms with Gasteiger partial charge in [0, 0.05) is 31.1 Å². The standard InChI is InChI=1S/C2H4I.U/c1-2-3;/h1-2H2;/q-1;. The molecule has 0 N–H and O–H groups in total. The smallest absolute Gasteiger partial charge is 0 e. The van der Waals surface area contributed by atoms with E-state index in [0.29, 0.717) is 0 Å². The second-order valence-electron chi connectivity index (χ2n) is 0.189. The molecule has 0 nitrogen and oxygen atoms in total. The summed E-state index contributed by atoms with van der Waals surface area (Å²) >= 11 is 2.18. The van der Waals surface area contributed by atoms with Gasteiger partial charge in [0.05, 0.1) is 0 Å². The van der Waals surface area contributed by atoms with Crippen molar-refractivity contribution in [2.24, 2.45) is 0 Å². The Labute approximate surface area is 64.2 Å². The van der Waals surface area contributed by atoms with Crippen molar-refractivity contribution in [3.05, 3.63) is 6.92 Å². The summed E-state index contributed by atoms with van der Waals surface area (Å²) in [6, 6.07) is 0. The molecule has 0 spiro atoms. The third-order valence-electron chi connectivity index (χ3n) is 0. The minimum absolute atomic E-state index is 0. The summed E-state index contributed by atoms with van der Waals surface area (Å²) in [5, 5.41) is 0. The van der Waals surface area contributed by atoms with Crippen molar-refractivity contribution in [3.63, 3.8) is 0 Å². The number of hydrogen-bond acceptors (Lipinski definition) is 0. The van der Waals surface area contributed by atoms with Crippen molar-refractivity contribution in [3.8, 4) is 0 Å². The maximum absolute atomic E-state index is 3.47. The van der Waals surface area contributed by atoms with Crippen LogP contribution in [0.3, 0.4) is 0 Å². The Hall–Kier alpha value is 1.78. The van der Waals surface area contributed by atoms with Gasteiger partial charge in [-0.05, 0) is 0 Å². The van der Waals surface area contributed by atoms with Crippen LogP contribution >= 0.6 is 22.6 Å². The quantitative estimate of drug-likeness (QED) is 0.331. The predicted octanol–water partition coefficient (Wildman–Crippen LogP) is 1.26. The Balaban J connectivity index is 0. The van der Waals surface area contributed by atoms with Gasteiger partial charge in [-0.1, -0.05) is 0 Å². The summed E-state index contributed by atoms with van der Waals surface area (Å²) in [6.45, 7) is 3.47. The van der Waals surface area contributed by atoms with Crippen LogP contribution in [0, 0.1) is 38.0 Å². The molecule has 0 amide bonds. The van der Waals surface area contributed by atoms with Crippen LogP contribution in [0.25, 0.3) is 0 Å². The average molecular weight is 393 g/mol. The van der Waals surface area contributed by atoms with Gasteiger partial charge >= 0.3 is 0 Å². The first kappa shape index (κ1) is 9.24. The topological polar surface area (TPSA) is 0 Å². The van der Waals surface area contributed by atoms with Crippen LogP contribution in [0.5, 0.6) is 0 Å². The average Bonchev–Trinajstić information content (AvgIpc) is 0.918. The zero-order valence-corrected chi connectivity index (χ0v) is 8.61. The van der Waals surface area contributed by atoms with E-state index in [1.54, 1.807) is 0 Å². The van der Waals surface area contributed by atoms with Gasteiger partial charge in [-0.25, -0.2) is 0 Å². The zero-order chi connectivity index (χ0) is 2.71. The fourth-order valence-corrected chi connectivity index (χ4v) is 0. The van der Waals surface area contributed by atoms with Crippen molar-refractivity contribution in [1.82, 2.24) is 0 Å². The Morgan fingerprint density at radius 2 is 1.75 bits per heavy atom. The first-order valence-electron chi connectivity index (χ1n) is 0.767. The Kier molecular flexibility index (Phi) is 20.4. The first-order chi connectivity index (χ1) is 1.41. The Morgan fingerprint density at radius 1 is 1.75 bits per heavy atom. The van der Waals surface area contributed by atoms with Gasteiger partial charge in [0.2, 0.25) is 0 Å². The molecule has 4 heavy (non-hydrogen) atoms. The molecule has 24 valence electrons. The second-order valence-corrected chi connectivity index (χ2v) is 1.27. The van der Waals surface area contributed by atoms with E-state index in [0.717, 1.165) is 4.43 Å². The zero-order valence-electron chi connectivity index (χ0n) is 2.29. The van der Waals surface area contributed by atoms with E-state index in [-0.39, 0.29) is 31.1 Å². The maximum atomic E-state index is 3.47. The predicted molar refractivity (Wildman–Crippen MR) is 24.2 cm³/mol. The van der Waals surface area contributed by atoms with Gasteiger partial charge in [0.15, 0.2) is 0 Å². The summed E-state index contributed by atoms with van der Waals surface area (Å²) in [5.74, 6) is 0. The molecular formula is C2H4IU-. The fraction of sp³-hybridized carbons (Fsp3) is 0.500. The molecule has 0 radical (unpaired) electrons. The van der Waals surface area contributed by atoms with Crippen molar-refractivity contribution >= 4 is 22.6 Å². The van der Waals surface area contributed by atoms with Crippen LogP contribution in [0.4, 0.5) is 0 Å². The monoisotopic (exact) mass is 393 g/mol. The van der Waals surface area contributed by atoms with Gasteiger partial charge in [-0.15, -0.1) is 27.0 Å². The maximum Gasteiger partial charge on any atom is 0 e. The molecule has 0 aromatic carbocycles. The number of halogens is 1. The molecule has 0 unspecified atom stereocenters. The van der Waals surface area contributed by atoms with Gasteiger partial charge in [-0.3, -0.25) is 0 Å². The van der Waals surface area contributed by atoms with Crippen LogP contribution in [-0.4, -0.2) is 4.43 Å². The minimum atomic E-state index is 0. The van der Waals surface area contributed by atoms with E-state index in [4.69, 9.17) is 0 Å². The molecule has 0 fully saturated rings. The summed E-state index contributed by atoms with van der Waals surface area (Å²) in [4.78, 5) is 0. The van der Waals surface area contributed by atoms with Crippen LogP contribution < -0.4 is 0 Å². The Morgan fingerprint density at radius 3 is 1.75 bits per heavy atom. The van der Waals surface area contributed by atoms with Crippen LogP contribution in [0.15, 0.2) is 0 Å². The van der Waals surface area contributed by atoms with Crippen molar-refractivity contribution in [1.29, 1.82) is 0 Å². The molecule has 0 heterocycles. The molecule has 0 saturated heterocycles. The third-order valence-corrected chi connectivity index (χ3v) is 0. The van der Waals surface area contributed by atoms with E-state index in [1.807, 2.05) is 0 Å². The number of rotatable bonds is 0. The van der Waals surface area contributed by atoms with E-state index >= 15 is 0 Å². The number of alkyl halides is 1. The van der Waals surface area contributed by atoms with Gasteiger partial charge in [0.25, 0.3) is 0 Å². The van der Waals surface area contributed by atoms with Gasteiger partial charge in [-0.2, -0.15) is 0 Å².